The Hall–Kier alpha value is -3.29. The van der Waals surface area contributed by atoms with E-state index in [9.17, 15) is 23.2 Å². The molecule has 0 aliphatic carbocycles. The number of ether oxygens (including phenoxy) is 1. The van der Waals surface area contributed by atoms with Gasteiger partial charge in [-0.25, -0.2) is 13.6 Å². The van der Waals surface area contributed by atoms with Crippen LogP contribution in [-0.2, 0) is 14.3 Å². The minimum atomic E-state index is -0.899. The molecule has 0 aliphatic heterocycles. The van der Waals surface area contributed by atoms with Crippen LogP contribution < -0.4 is 10.2 Å². The van der Waals surface area contributed by atoms with Crippen LogP contribution in [0.1, 0.15) is 30.6 Å². The molecule has 0 bridgehead atoms. The van der Waals surface area contributed by atoms with Gasteiger partial charge < -0.3 is 15.0 Å². The normalized spacial score (nSPS) is 10.3. The fraction of sp³-hybridized carbons (Fsp3) is 0.250. The number of halogens is 2. The van der Waals surface area contributed by atoms with E-state index in [2.05, 4.69) is 5.32 Å². The first-order chi connectivity index (χ1) is 13.3. The molecule has 0 aliphatic rings. The Morgan fingerprint density at radius 3 is 2.46 bits per heavy atom. The number of nitrogens with one attached hydrogen (secondary N) is 1. The zero-order valence-corrected chi connectivity index (χ0v) is 15.5. The van der Waals surface area contributed by atoms with Crippen molar-refractivity contribution in [3.8, 4) is 0 Å². The summed E-state index contributed by atoms with van der Waals surface area (Å²) in [5.74, 6) is -3.18. The summed E-state index contributed by atoms with van der Waals surface area (Å²) in [6.07, 6.45) is -0.159. The smallest absolute Gasteiger partial charge is 0.340 e. The molecule has 0 heterocycles. The number of rotatable bonds is 7. The first-order valence-electron chi connectivity index (χ1n) is 8.62. The fourth-order valence-corrected chi connectivity index (χ4v) is 2.55. The Morgan fingerprint density at radius 1 is 1.11 bits per heavy atom. The standard InChI is InChI=1S/C20H20F2N2O4/c1-3-28-20(27)15-6-4-5-7-18(15)24(13(2)25)11-10-19(26)23-17-9-8-14(21)12-16(17)22/h4-9,12H,3,10-11H2,1-2H3,(H,23,26). The van der Waals surface area contributed by atoms with E-state index >= 15 is 0 Å². The van der Waals surface area contributed by atoms with Crippen LogP contribution in [-0.4, -0.2) is 30.9 Å². The van der Waals surface area contributed by atoms with Gasteiger partial charge in [-0.15, -0.1) is 0 Å². The number of nitrogens with zero attached hydrogens (tertiary/aromatic N) is 1. The number of hydrogen-bond donors (Lipinski definition) is 1. The second-order valence-electron chi connectivity index (χ2n) is 5.83. The van der Waals surface area contributed by atoms with Crippen molar-refractivity contribution in [2.24, 2.45) is 0 Å². The maximum Gasteiger partial charge on any atom is 0.340 e. The third-order valence-corrected chi connectivity index (χ3v) is 3.84. The number of amides is 2. The van der Waals surface area contributed by atoms with Gasteiger partial charge in [-0.3, -0.25) is 9.59 Å². The number of carbonyl (C=O) groups is 3. The van der Waals surface area contributed by atoms with Gasteiger partial charge in [0, 0.05) is 26.0 Å². The van der Waals surface area contributed by atoms with Crippen LogP contribution in [0.25, 0.3) is 0 Å². The summed E-state index contributed by atoms with van der Waals surface area (Å²) in [5.41, 5.74) is 0.353. The molecule has 8 heteroatoms. The van der Waals surface area contributed by atoms with Crippen LogP contribution in [0.15, 0.2) is 42.5 Å². The van der Waals surface area contributed by atoms with Crippen LogP contribution in [0.5, 0.6) is 0 Å². The SMILES string of the molecule is CCOC(=O)c1ccccc1N(CCC(=O)Nc1ccc(F)cc1F)C(C)=O. The number of carbonyl (C=O) groups excluding carboxylic acids is 3. The topological polar surface area (TPSA) is 75.7 Å². The Labute approximate surface area is 161 Å². The van der Waals surface area contributed by atoms with Gasteiger partial charge in [-0.2, -0.15) is 0 Å². The Morgan fingerprint density at radius 2 is 1.82 bits per heavy atom. The van der Waals surface area contributed by atoms with E-state index in [-0.39, 0.29) is 36.7 Å². The van der Waals surface area contributed by atoms with E-state index in [0.29, 0.717) is 11.8 Å². The molecule has 2 amide bonds. The zero-order chi connectivity index (χ0) is 20.7. The molecule has 2 aromatic carbocycles. The van der Waals surface area contributed by atoms with Gasteiger partial charge >= 0.3 is 5.97 Å². The monoisotopic (exact) mass is 390 g/mol. The summed E-state index contributed by atoms with van der Waals surface area (Å²) >= 11 is 0. The molecule has 2 rings (SSSR count). The van der Waals surface area contributed by atoms with E-state index in [4.69, 9.17) is 4.74 Å². The molecule has 148 valence electrons. The third-order valence-electron chi connectivity index (χ3n) is 3.84. The van der Waals surface area contributed by atoms with Crippen molar-refractivity contribution >= 4 is 29.2 Å². The zero-order valence-electron chi connectivity index (χ0n) is 15.5. The number of anilines is 2. The molecule has 0 aromatic heterocycles. The van der Waals surface area contributed by atoms with Crippen LogP contribution in [0.4, 0.5) is 20.2 Å². The first-order valence-corrected chi connectivity index (χ1v) is 8.62. The lowest BCUT2D eigenvalue weighted by atomic mass is 10.1. The predicted octanol–water partition coefficient (Wildman–Crippen LogP) is 3.52. The molecule has 0 atom stereocenters. The van der Waals surface area contributed by atoms with E-state index in [1.54, 1.807) is 25.1 Å². The summed E-state index contributed by atoms with van der Waals surface area (Å²) in [5, 5.41) is 2.33. The highest BCUT2D eigenvalue weighted by molar-refractivity contribution is 6.02. The molecule has 6 nitrogen and oxygen atoms in total. The van der Waals surface area contributed by atoms with Crippen molar-refractivity contribution in [2.45, 2.75) is 20.3 Å². The molecular formula is C20H20F2N2O4. The van der Waals surface area contributed by atoms with Crippen molar-refractivity contribution in [1.29, 1.82) is 0 Å². The second-order valence-corrected chi connectivity index (χ2v) is 5.83. The predicted molar refractivity (Wildman–Crippen MR) is 100 cm³/mol. The van der Waals surface area contributed by atoms with Crippen LogP contribution in [0.3, 0.4) is 0 Å². The lowest BCUT2D eigenvalue weighted by Crippen LogP contribution is -2.33. The largest absolute Gasteiger partial charge is 0.462 e. The summed E-state index contributed by atoms with van der Waals surface area (Å²) in [6, 6.07) is 9.19. The molecule has 0 spiro atoms. The molecule has 28 heavy (non-hydrogen) atoms. The number of benzene rings is 2. The van der Waals surface area contributed by atoms with Crippen molar-refractivity contribution in [1.82, 2.24) is 0 Å². The van der Waals surface area contributed by atoms with Gasteiger partial charge in [-0.1, -0.05) is 12.1 Å². The Balaban J connectivity index is 2.13. The van der Waals surface area contributed by atoms with Gasteiger partial charge in [0.2, 0.25) is 11.8 Å². The minimum absolute atomic E-state index is 0.0413. The highest BCUT2D eigenvalue weighted by Crippen LogP contribution is 2.22. The van der Waals surface area contributed by atoms with Crippen LogP contribution in [0, 0.1) is 11.6 Å². The molecule has 1 N–H and O–H groups in total. The van der Waals surface area contributed by atoms with Gasteiger partial charge in [0.1, 0.15) is 11.6 Å². The fourth-order valence-electron chi connectivity index (χ4n) is 2.55. The van der Waals surface area contributed by atoms with Crippen molar-refractivity contribution in [3.05, 3.63) is 59.7 Å². The highest BCUT2D eigenvalue weighted by atomic mass is 19.1. The summed E-state index contributed by atoms with van der Waals surface area (Å²) < 4.78 is 31.6. The van der Waals surface area contributed by atoms with E-state index in [1.807, 2.05) is 0 Å². The number of para-hydroxylation sites is 1. The summed E-state index contributed by atoms with van der Waals surface area (Å²) in [6.45, 7) is 3.11. The highest BCUT2D eigenvalue weighted by Gasteiger charge is 2.21. The van der Waals surface area contributed by atoms with Crippen molar-refractivity contribution < 1.29 is 27.9 Å². The van der Waals surface area contributed by atoms with Gasteiger partial charge in [0.05, 0.1) is 23.5 Å². The Bertz CT molecular complexity index is 886. The lowest BCUT2D eigenvalue weighted by molar-refractivity contribution is -0.117. The second kappa shape index (κ2) is 9.59. The average molecular weight is 390 g/mol. The average Bonchev–Trinajstić information content (AvgIpc) is 2.64. The van der Waals surface area contributed by atoms with E-state index < -0.39 is 23.5 Å². The maximum atomic E-state index is 13.6. The van der Waals surface area contributed by atoms with Crippen LogP contribution >= 0.6 is 0 Å². The summed E-state index contributed by atoms with van der Waals surface area (Å²) in [4.78, 5) is 37.6. The van der Waals surface area contributed by atoms with Crippen LogP contribution in [0.2, 0.25) is 0 Å². The number of hydrogen-bond acceptors (Lipinski definition) is 4. The molecule has 0 fully saturated rings. The van der Waals surface area contributed by atoms with Gasteiger partial charge in [-0.05, 0) is 31.2 Å². The number of esters is 1. The molecule has 0 radical (unpaired) electrons. The molecular weight excluding hydrogens is 370 g/mol. The summed E-state index contributed by atoms with van der Waals surface area (Å²) in [7, 11) is 0. The Kier molecular flexibility index (Phi) is 7.20. The molecule has 0 saturated carbocycles. The van der Waals surface area contributed by atoms with Crippen molar-refractivity contribution in [3.63, 3.8) is 0 Å². The molecule has 2 aromatic rings. The maximum absolute atomic E-state index is 13.6. The van der Waals surface area contributed by atoms with E-state index in [0.717, 1.165) is 12.1 Å². The quantitative estimate of drug-likeness (QED) is 0.734. The third kappa shape index (κ3) is 5.35. The van der Waals surface area contributed by atoms with Crippen molar-refractivity contribution in [2.75, 3.05) is 23.4 Å². The van der Waals surface area contributed by atoms with Gasteiger partial charge in [0.15, 0.2) is 0 Å². The first kappa shape index (κ1) is 21.0. The van der Waals surface area contributed by atoms with E-state index in [1.165, 1.54) is 17.9 Å². The van der Waals surface area contributed by atoms with Gasteiger partial charge in [0.25, 0.3) is 0 Å². The molecule has 0 unspecified atom stereocenters. The molecule has 0 saturated heterocycles. The minimum Gasteiger partial charge on any atom is -0.462 e. The lowest BCUT2D eigenvalue weighted by Gasteiger charge is -2.23.